The van der Waals surface area contributed by atoms with Gasteiger partial charge in [-0.2, -0.15) is 0 Å². The Hall–Kier alpha value is -2.11. The summed E-state index contributed by atoms with van der Waals surface area (Å²) in [6.45, 7) is 0.665. The Balaban J connectivity index is 1.97. The summed E-state index contributed by atoms with van der Waals surface area (Å²) in [6, 6.07) is 3.55. The van der Waals surface area contributed by atoms with Gasteiger partial charge in [0, 0.05) is 32.3 Å². The molecule has 6 heteroatoms. The van der Waals surface area contributed by atoms with Gasteiger partial charge in [0.15, 0.2) is 0 Å². The van der Waals surface area contributed by atoms with Crippen molar-refractivity contribution in [3.8, 4) is 0 Å². The standard InChI is InChI=1S/C12H16N4O2/c1-16-7-9(3-5-11(16)17)15-10-4-2-8(6-14-10)12(13)18/h2,4,6,9H,3,5,7H2,1H3,(H2,13,18)(H,14,15). The van der Waals surface area contributed by atoms with Gasteiger partial charge in [-0.3, -0.25) is 9.59 Å². The molecule has 0 aliphatic carbocycles. The first-order chi connectivity index (χ1) is 8.56. The van der Waals surface area contributed by atoms with E-state index in [0.29, 0.717) is 24.3 Å². The number of carbonyl (C=O) groups is 2. The SMILES string of the molecule is CN1CC(Nc2ccc(C(N)=O)cn2)CCC1=O. The second kappa shape index (κ2) is 5.03. The van der Waals surface area contributed by atoms with Gasteiger partial charge in [-0.1, -0.05) is 0 Å². The van der Waals surface area contributed by atoms with Gasteiger partial charge < -0.3 is 16.0 Å². The first-order valence-electron chi connectivity index (χ1n) is 5.82. The van der Waals surface area contributed by atoms with E-state index in [1.54, 1.807) is 24.1 Å². The molecule has 2 heterocycles. The predicted molar refractivity (Wildman–Crippen MR) is 67.0 cm³/mol. The maximum atomic E-state index is 11.3. The van der Waals surface area contributed by atoms with E-state index in [2.05, 4.69) is 10.3 Å². The molecular formula is C12H16N4O2. The van der Waals surface area contributed by atoms with Gasteiger partial charge in [0.2, 0.25) is 11.8 Å². The third-order valence-corrected chi connectivity index (χ3v) is 3.03. The lowest BCUT2D eigenvalue weighted by Gasteiger charge is -2.30. The van der Waals surface area contributed by atoms with E-state index >= 15 is 0 Å². The van der Waals surface area contributed by atoms with Gasteiger partial charge in [0.05, 0.1) is 5.56 Å². The Morgan fingerprint density at radius 2 is 2.33 bits per heavy atom. The lowest BCUT2D eigenvalue weighted by atomic mass is 10.1. The number of likely N-dealkylation sites (N-methyl/N-ethyl adjacent to an activating group) is 1. The number of pyridine rings is 1. The van der Waals surface area contributed by atoms with Gasteiger partial charge in [0.25, 0.3) is 0 Å². The van der Waals surface area contributed by atoms with Crippen molar-refractivity contribution in [3.05, 3.63) is 23.9 Å². The highest BCUT2D eigenvalue weighted by Crippen LogP contribution is 2.14. The summed E-state index contributed by atoms with van der Waals surface area (Å²) in [4.78, 5) is 28.1. The van der Waals surface area contributed by atoms with E-state index < -0.39 is 5.91 Å². The number of likely N-dealkylation sites (tertiary alicyclic amines) is 1. The molecule has 0 bridgehead atoms. The summed E-state index contributed by atoms with van der Waals surface area (Å²) < 4.78 is 0. The normalized spacial score (nSPS) is 19.7. The fraction of sp³-hybridized carbons (Fsp3) is 0.417. The quantitative estimate of drug-likeness (QED) is 0.800. The fourth-order valence-corrected chi connectivity index (χ4v) is 1.96. The number of hydrogen-bond acceptors (Lipinski definition) is 4. The van der Waals surface area contributed by atoms with Crippen LogP contribution in [0.5, 0.6) is 0 Å². The second-order valence-corrected chi connectivity index (χ2v) is 4.45. The molecule has 2 rings (SSSR count). The molecule has 3 N–H and O–H groups in total. The fourth-order valence-electron chi connectivity index (χ4n) is 1.96. The van der Waals surface area contributed by atoms with Crippen molar-refractivity contribution in [3.63, 3.8) is 0 Å². The van der Waals surface area contributed by atoms with Gasteiger partial charge >= 0.3 is 0 Å². The van der Waals surface area contributed by atoms with Crippen LogP contribution in [-0.4, -0.2) is 41.3 Å². The van der Waals surface area contributed by atoms with E-state index in [0.717, 1.165) is 6.42 Å². The highest BCUT2D eigenvalue weighted by molar-refractivity contribution is 5.92. The molecule has 1 atom stereocenters. The van der Waals surface area contributed by atoms with Crippen LogP contribution in [0.1, 0.15) is 23.2 Å². The third kappa shape index (κ3) is 2.77. The Bertz CT molecular complexity index is 458. The van der Waals surface area contributed by atoms with E-state index in [9.17, 15) is 9.59 Å². The average molecular weight is 248 g/mol. The van der Waals surface area contributed by atoms with E-state index in [-0.39, 0.29) is 11.9 Å². The Morgan fingerprint density at radius 1 is 1.56 bits per heavy atom. The van der Waals surface area contributed by atoms with E-state index in [1.807, 2.05) is 0 Å². The van der Waals surface area contributed by atoms with Crippen molar-refractivity contribution in [2.45, 2.75) is 18.9 Å². The molecule has 0 spiro atoms. The number of nitrogens with two attached hydrogens (primary N) is 1. The smallest absolute Gasteiger partial charge is 0.250 e. The van der Waals surface area contributed by atoms with Gasteiger partial charge in [-0.05, 0) is 18.6 Å². The molecule has 18 heavy (non-hydrogen) atoms. The number of carbonyl (C=O) groups excluding carboxylic acids is 2. The average Bonchev–Trinajstić information content (AvgIpc) is 2.34. The van der Waals surface area contributed by atoms with Crippen molar-refractivity contribution < 1.29 is 9.59 Å². The molecule has 6 nitrogen and oxygen atoms in total. The minimum Gasteiger partial charge on any atom is -0.366 e. The number of piperidine rings is 1. The molecule has 1 aromatic rings. The minimum atomic E-state index is -0.489. The number of nitrogens with one attached hydrogen (secondary N) is 1. The first-order valence-corrected chi connectivity index (χ1v) is 5.82. The molecule has 1 saturated heterocycles. The Morgan fingerprint density at radius 3 is 2.89 bits per heavy atom. The van der Waals surface area contributed by atoms with Gasteiger partial charge in [-0.15, -0.1) is 0 Å². The van der Waals surface area contributed by atoms with E-state index in [1.165, 1.54) is 6.20 Å². The molecule has 0 aromatic carbocycles. The summed E-state index contributed by atoms with van der Waals surface area (Å²) in [6.07, 6.45) is 2.79. The lowest BCUT2D eigenvalue weighted by molar-refractivity contribution is -0.132. The summed E-state index contributed by atoms with van der Waals surface area (Å²) in [7, 11) is 1.79. The number of aromatic nitrogens is 1. The van der Waals surface area contributed by atoms with Gasteiger partial charge in [-0.25, -0.2) is 4.98 Å². The Kier molecular flexibility index (Phi) is 3.45. The number of nitrogens with zero attached hydrogens (tertiary/aromatic N) is 2. The number of primary amides is 1. The number of hydrogen-bond donors (Lipinski definition) is 2. The van der Waals surface area contributed by atoms with Crippen molar-refractivity contribution in [1.29, 1.82) is 0 Å². The molecule has 1 aliphatic heterocycles. The second-order valence-electron chi connectivity index (χ2n) is 4.45. The van der Waals surface area contributed by atoms with Crippen LogP contribution in [0.25, 0.3) is 0 Å². The number of rotatable bonds is 3. The Labute approximate surface area is 105 Å². The van der Waals surface area contributed by atoms with Crippen LogP contribution in [0.15, 0.2) is 18.3 Å². The molecule has 1 aromatic heterocycles. The molecule has 2 amide bonds. The molecule has 96 valence electrons. The zero-order chi connectivity index (χ0) is 13.1. The van der Waals surface area contributed by atoms with Crippen molar-refractivity contribution in [2.75, 3.05) is 18.9 Å². The summed E-state index contributed by atoms with van der Waals surface area (Å²) >= 11 is 0. The number of amides is 2. The number of anilines is 1. The maximum absolute atomic E-state index is 11.3. The predicted octanol–water partition coefficient (Wildman–Crippen LogP) is 0.213. The first kappa shape index (κ1) is 12.3. The topological polar surface area (TPSA) is 88.3 Å². The summed E-state index contributed by atoms with van der Waals surface area (Å²) in [5.74, 6) is 0.370. The molecule has 1 aliphatic rings. The van der Waals surface area contributed by atoms with Crippen LogP contribution in [0.3, 0.4) is 0 Å². The van der Waals surface area contributed by atoms with Crippen LogP contribution in [0.2, 0.25) is 0 Å². The van der Waals surface area contributed by atoms with E-state index in [4.69, 9.17) is 5.73 Å². The minimum absolute atomic E-state index is 0.171. The third-order valence-electron chi connectivity index (χ3n) is 3.03. The van der Waals surface area contributed by atoms with Crippen LogP contribution in [-0.2, 0) is 4.79 Å². The maximum Gasteiger partial charge on any atom is 0.250 e. The van der Waals surface area contributed by atoms with Crippen molar-refractivity contribution >= 4 is 17.6 Å². The largest absolute Gasteiger partial charge is 0.366 e. The molecule has 0 saturated carbocycles. The van der Waals surface area contributed by atoms with Crippen molar-refractivity contribution in [2.24, 2.45) is 5.73 Å². The molecular weight excluding hydrogens is 232 g/mol. The highest BCUT2D eigenvalue weighted by Gasteiger charge is 2.22. The van der Waals surface area contributed by atoms with Crippen molar-refractivity contribution in [1.82, 2.24) is 9.88 Å². The highest BCUT2D eigenvalue weighted by atomic mass is 16.2. The zero-order valence-corrected chi connectivity index (χ0v) is 10.2. The molecule has 0 radical (unpaired) electrons. The van der Waals surface area contributed by atoms with Crippen LogP contribution in [0.4, 0.5) is 5.82 Å². The summed E-state index contributed by atoms with van der Waals surface area (Å²) in [5.41, 5.74) is 5.52. The molecule has 1 fully saturated rings. The monoisotopic (exact) mass is 248 g/mol. The lowest BCUT2D eigenvalue weighted by Crippen LogP contribution is -2.43. The molecule has 1 unspecified atom stereocenters. The van der Waals surface area contributed by atoms with Crippen LogP contribution < -0.4 is 11.1 Å². The van der Waals surface area contributed by atoms with Crippen LogP contribution >= 0.6 is 0 Å². The van der Waals surface area contributed by atoms with Crippen LogP contribution in [0, 0.1) is 0 Å². The zero-order valence-electron chi connectivity index (χ0n) is 10.2. The van der Waals surface area contributed by atoms with Gasteiger partial charge in [0.1, 0.15) is 5.82 Å². The summed E-state index contributed by atoms with van der Waals surface area (Å²) in [5, 5.41) is 3.24.